The number of sulfonamides is 1. The van der Waals surface area contributed by atoms with Gasteiger partial charge in [-0.3, -0.25) is 9.69 Å². The SMILES string of the molecule is CCCS(=O)(=O)N1CCN(C2(CNC(=O)c3c(F)cccc3C(F)(F)F)CCC(F)(F)CC2)CC1.Cl. The van der Waals surface area contributed by atoms with Gasteiger partial charge in [0.2, 0.25) is 15.9 Å². The first-order valence-corrected chi connectivity index (χ1v) is 13.1. The number of rotatable bonds is 7. The monoisotopic (exact) mass is 565 g/mol. The number of nitrogens with one attached hydrogen (secondary N) is 1. The lowest BCUT2D eigenvalue weighted by molar-refractivity contribution is -0.138. The Hall–Kier alpha value is -1.57. The first-order chi connectivity index (χ1) is 16.2. The van der Waals surface area contributed by atoms with Crippen molar-refractivity contribution in [1.82, 2.24) is 14.5 Å². The van der Waals surface area contributed by atoms with Gasteiger partial charge in [-0.05, 0) is 31.4 Å². The fraction of sp³-hybridized carbons (Fsp3) is 0.682. The van der Waals surface area contributed by atoms with Crippen molar-refractivity contribution in [2.75, 3.05) is 38.5 Å². The van der Waals surface area contributed by atoms with Crippen LogP contribution >= 0.6 is 12.4 Å². The van der Waals surface area contributed by atoms with Crippen molar-refractivity contribution in [1.29, 1.82) is 0 Å². The van der Waals surface area contributed by atoms with Crippen LogP contribution in [0, 0.1) is 5.82 Å². The van der Waals surface area contributed by atoms with Crippen molar-refractivity contribution < 1.29 is 39.6 Å². The largest absolute Gasteiger partial charge is 0.417 e. The lowest BCUT2D eigenvalue weighted by Crippen LogP contribution is -2.63. The van der Waals surface area contributed by atoms with Gasteiger partial charge in [0.25, 0.3) is 5.91 Å². The fourth-order valence-electron chi connectivity index (χ4n) is 4.84. The van der Waals surface area contributed by atoms with Crippen molar-refractivity contribution in [3.8, 4) is 0 Å². The number of amides is 1. The van der Waals surface area contributed by atoms with Crippen LogP contribution in [-0.2, 0) is 16.2 Å². The summed E-state index contributed by atoms with van der Waals surface area (Å²) >= 11 is 0. The van der Waals surface area contributed by atoms with Crippen LogP contribution in [0.15, 0.2) is 18.2 Å². The molecule has 3 rings (SSSR count). The van der Waals surface area contributed by atoms with Crippen molar-refractivity contribution in [3.05, 3.63) is 35.1 Å². The quantitative estimate of drug-likeness (QED) is 0.501. The van der Waals surface area contributed by atoms with Gasteiger partial charge in [0.05, 0.1) is 16.9 Å². The zero-order chi connectivity index (χ0) is 26.1. The van der Waals surface area contributed by atoms with Crippen LogP contribution in [-0.4, -0.2) is 73.5 Å². The lowest BCUT2D eigenvalue weighted by atomic mass is 9.78. The summed E-state index contributed by atoms with van der Waals surface area (Å²) in [5.74, 6) is -5.54. The predicted octanol–water partition coefficient (Wildman–Crippen LogP) is 4.30. The number of halogens is 7. The van der Waals surface area contributed by atoms with Gasteiger partial charge >= 0.3 is 6.18 Å². The van der Waals surface area contributed by atoms with E-state index in [9.17, 15) is 39.6 Å². The number of hydrogen-bond acceptors (Lipinski definition) is 4. The zero-order valence-electron chi connectivity index (χ0n) is 19.7. The summed E-state index contributed by atoms with van der Waals surface area (Å²) in [5, 5.41) is 2.35. The molecule has 1 N–H and O–H groups in total. The van der Waals surface area contributed by atoms with Gasteiger partial charge in [0.15, 0.2) is 0 Å². The number of piperazine rings is 1. The van der Waals surface area contributed by atoms with Crippen LogP contribution in [0.4, 0.5) is 26.3 Å². The third-order valence-electron chi connectivity index (χ3n) is 6.80. The van der Waals surface area contributed by atoms with Gasteiger partial charge in [0.1, 0.15) is 5.82 Å². The van der Waals surface area contributed by atoms with Crippen LogP contribution in [0.2, 0.25) is 0 Å². The predicted molar refractivity (Wildman–Crippen MR) is 124 cm³/mol. The molecule has 14 heteroatoms. The second kappa shape index (κ2) is 11.4. The number of hydrogen-bond donors (Lipinski definition) is 1. The van der Waals surface area contributed by atoms with E-state index in [1.54, 1.807) is 6.92 Å². The minimum Gasteiger partial charge on any atom is -0.350 e. The van der Waals surface area contributed by atoms with Gasteiger partial charge in [-0.25, -0.2) is 21.6 Å². The Balaban J connectivity index is 0.00000456. The maximum atomic E-state index is 14.2. The fourth-order valence-corrected chi connectivity index (χ4v) is 6.33. The number of alkyl halides is 5. The van der Waals surface area contributed by atoms with Gasteiger partial charge in [-0.2, -0.15) is 17.5 Å². The van der Waals surface area contributed by atoms with Crippen molar-refractivity contribution in [2.45, 2.75) is 56.7 Å². The molecule has 206 valence electrons. The smallest absolute Gasteiger partial charge is 0.350 e. The molecule has 1 aliphatic carbocycles. The van der Waals surface area contributed by atoms with E-state index in [0.29, 0.717) is 12.5 Å². The molecule has 0 aromatic heterocycles. The molecule has 0 unspecified atom stereocenters. The van der Waals surface area contributed by atoms with Crippen LogP contribution in [0.1, 0.15) is 54.9 Å². The Morgan fingerprint density at radius 1 is 1.06 bits per heavy atom. The molecule has 0 radical (unpaired) electrons. The van der Waals surface area contributed by atoms with E-state index in [1.165, 1.54) is 4.31 Å². The standard InChI is InChI=1S/C22H29F6N3O3S.ClH/c1-2-14-35(33,34)31-12-10-30(11-13-31)20(6-8-21(24,25)9-7-20)15-29-19(32)18-16(22(26,27)28)4-3-5-17(18)23;/h3-5H,2,6-15H2,1H3,(H,29,32);1H. The molecule has 0 atom stereocenters. The van der Waals surface area contributed by atoms with E-state index < -0.39 is 63.4 Å². The van der Waals surface area contributed by atoms with Crippen molar-refractivity contribution >= 4 is 28.3 Å². The Kier molecular flexibility index (Phi) is 9.74. The highest BCUT2D eigenvalue weighted by Gasteiger charge is 2.48. The molecular formula is C22H30ClF6N3O3S. The van der Waals surface area contributed by atoms with E-state index >= 15 is 0 Å². The molecule has 1 aromatic carbocycles. The number of benzene rings is 1. The Bertz CT molecular complexity index is 1020. The van der Waals surface area contributed by atoms with Gasteiger partial charge in [-0.15, -0.1) is 12.4 Å². The van der Waals surface area contributed by atoms with E-state index in [2.05, 4.69) is 5.32 Å². The summed E-state index contributed by atoms with van der Waals surface area (Å²) in [5.41, 5.74) is -3.58. The summed E-state index contributed by atoms with van der Waals surface area (Å²) in [6, 6.07) is 2.20. The molecule has 1 heterocycles. The summed E-state index contributed by atoms with van der Waals surface area (Å²) in [7, 11) is -3.44. The van der Waals surface area contributed by atoms with Crippen molar-refractivity contribution in [2.24, 2.45) is 0 Å². The Labute approximate surface area is 212 Å². The van der Waals surface area contributed by atoms with Gasteiger partial charge in [-0.1, -0.05) is 13.0 Å². The Morgan fingerprint density at radius 3 is 2.17 bits per heavy atom. The van der Waals surface area contributed by atoms with Gasteiger partial charge < -0.3 is 5.32 Å². The zero-order valence-corrected chi connectivity index (χ0v) is 21.3. The van der Waals surface area contributed by atoms with E-state index in [-0.39, 0.29) is 63.7 Å². The summed E-state index contributed by atoms with van der Waals surface area (Å²) in [4.78, 5) is 14.5. The number of nitrogens with zero attached hydrogens (tertiary/aromatic N) is 2. The second-order valence-corrected chi connectivity index (χ2v) is 11.2. The molecular weight excluding hydrogens is 536 g/mol. The molecule has 0 bridgehead atoms. The van der Waals surface area contributed by atoms with Crippen molar-refractivity contribution in [3.63, 3.8) is 0 Å². The topological polar surface area (TPSA) is 69.7 Å². The second-order valence-electron chi connectivity index (χ2n) is 9.13. The highest BCUT2D eigenvalue weighted by molar-refractivity contribution is 7.89. The molecule has 36 heavy (non-hydrogen) atoms. The molecule has 0 spiro atoms. The summed E-state index contributed by atoms with van der Waals surface area (Å²) < 4.78 is 108. The van der Waals surface area contributed by atoms with E-state index in [4.69, 9.17) is 0 Å². The first-order valence-electron chi connectivity index (χ1n) is 11.5. The Morgan fingerprint density at radius 2 is 1.64 bits per heavy atom. The average molecular weight is 566 g/mol. The maximum Gasteiger partial charge on any atom is 0.417 e. The summed E-state index contributed by atoms with van der Waals surface area (Å²) in [6.07, 6.45) is -5.57. The molecule has 1 amide bonds. The minimum absolute atomic E-state index is 0. The highest BCUT2D eigenvalue weighted by atomic mass is 35.5. The van der Waals surface area contributed by atoms with Crippen LogP contribution in [0.25, 0.3) is 0 Å². The maximum absolute atomic E-state index is 14.2. The normalized spacial score (nSPS) is 21.0. The highest BCUT2D eigenvalue weighted by Crippen LogP contribution is 2.42. The van der Waals surface area contributed by atoms with E-state index in [1.807, 2.05) is 4.90 Å². The molecule has 2 fully saturated rings. The molecule has 6 nitrogen and oxygen atoms in total. The third kappa shape index (κ3) is 6.84. The minimum atomic E-state index is -4.96. The van der Waals surface area contributed by atoms with Gasteiger partial charge in [0, 0.05) is 51.1 Å². The molecule has 1 aliphatic heterocycles. The third-order valence-corrected chi connectivity index (χ3v) is 8.88. The average Bonchev–Trinajstić information content (AvgIpc) is 2.78. The van der Waals surface area contributed by atoms with Crippen LogP contribution in [0.5, 0.6) is 0 Å². The van der Waals surface area contributed by atoms with E-state index in [0.717, 1.165) is 12.1 Å². The number of carbonyl (C=O) groups is 1. The molecule has 1 saturated heterocycles. The molecule has 2 aliphatic rings. The molecule has 1 aromatic rings. The summed E-state index contributed by atoms with van der Waals surface area (Å²) in [6.45, 7) is 2.19. The molecule has 1 saturated carbocycles. The lowest BCUT2D eigenvalue weighted by Gasteiger charge is -2.50. The number of carbonyl (C=O) groups excluding carboxylic acids is 1. The van der Waals surface area contributed by atoms with Crippen LogP contribution < -0.4 is 5.32 Å². The first kappa shape index (κ1) is 30.7. The van der Waals surface area contributed by atoms with Crippen LogP contribution in [0.3, 0.4) is 0 Å².